The van der Waals surface area contributed by atoms with E-state index in [1.54, 1.807) is 12.1 Å². The van der Waals surface area contributed by atoms with Gasteiger partial charge in [-0.1, -0.05) is 39.0 Å². The average molecular weight is 353 g/mol. The predicted molar refractivity (Wildman–Crippen MR) is 107 cm³/mol. The number of fused-ring (bicyclic) bond motifs is 1. The van der Waals surface area contributed by atoms with Crippen molar-refractivity contribution in [2.75, 3.05) is 5.32 Å². The van der Waals surface area contributed by atoms with Gasteiger partial charge in [0.15, 0.2) is 0 Å². The number of imidazole rings is 1. The van der Waals surface area contributed by atoms with Gasteiger partial charge in [0.2, 0.25) is 0 Å². The minimum absolute atomic E-state index is 0.170. The highest BCUT2D eigenvalue weighted by Gasteiger charge is 2.28. The third-order valence-electron chi connectivity index (χ3n) is 4.40. The Labute approximate surface area is 155 Å². The highest BCUT2D eigenvalue weighted by molar-refractivity contribution is 5.77. The second kappa shape index (κ2) is 6.42. The van der Waals surface area contributed by atoms with E-state index < -0.39 is 0 Å². The topological polar surface area (TPSA) is 29.3 Å². The van der Waals surface area contributed by atoms with E-state index in [0.717, 1.165) is 23.6 Å². The molecule has 2 aromatic heterocycles. The van der Waals surface area contributed by atoms with Crippen LogP contribution in [0.25, 0.3) is 16.9 Å². The minimum atomic E-state index is -0.259. The van der Waals surface area contributed by atoms with Crippen LogP contribution in [0.5, 0.6) is 0 Å². The lowest BCUT2D eigenvalue weighted by Gasteiger charge is -2.34. The fourth-order valence-electron chi connectivity index (χ4n) is 3.90. The number of rotatable bonds is 4. The Kier molecular flexibility index (Phi) is 4.55. The van der Waals surface area contributed by atoms with Crippen LogP contribution in [0.15, 0.2) is 42.5 Å². The van der Waals surface area contributed by atoms with Crippen LogP contribution >= 0.6 is 0 Å². The summed E-state index contributed by atoms with van der Waals surface area (Å²) < 4.78 is 16.6. The van der Waals surface area contributed by atoms with E-state index in [2.05, 4.69) is 44.3 Å². The maximum atomic E-state index is 14.5. The SMILES string of the molecule is Cc1cccc2nc(-c3ccccc3F)c(NC(C)(C)CC(C)(C)C)n12. The molecular formula is C22H28FN3. The minimum Gasteiger partial charge on any atom is -0.364 e. The molecule has 4 heteroatoms. The van der Waals surface area contributed by atoms with Crippen molar-refractivity contribution in [3.63, 3.8) is 0 Å². The molecule has 3 aromatic rings. The number of benzene rings is 1. The first kappa shape index (κ1) is 18.4. The van der Waals surface area contributed by atoms with Crippen LogP contribution in [0, 0.1) is 18.2 Å². The molecule has 0 atom stereocenters. The number of hydrogen-bond donors (Lipinski definition) is 1. The van der Waals surface area contributed by atoms with Crippen LogP contribution in [0.3, 0.4) is 0 Å². The molecule has 0 aliphatic heterocycles. The van der Waals surface area contributed by atoms with Crippen LogP contribution < -0.4 is 5.32 Å². The number of aryl methyl sites for hydroxylation is 1. The maximum Gasteiger partial charge on any atom is 0.139 e. The fourth-order valence-corrected chi connectivity index (χ4v) is 3.90. The lowest BCUT2D eigenvalue weighted by Crippen LogP contribution is -2.36. The van der Waals surface area contributed by atoms with Crippen LogP contribution in [-0.2, 0) is 0 Å². The molecule has 2 heterocycles. The van der Waals surface area contributed by atoms with E-state index in [-0.39, 0.29) is 16.8 Å². The Bertz CT molecular complexity index is 932. The van der Waals surface area contributed by atoms with Gasteiger partial charge in [-0.15, -0.1) is 0 Å². The van der Waals surface area contributed by atoms with Crippen LogP contribution in [-0.4, -0.2) is 14.9 Å². The van der Waals surface area contributed by atoms with Crippen LogP contribution in [0.4, 0.5) is 10.2 Å². The van der Waals surface area contributed by atoms with E-state index in [1.807, 2.05) is 31.2 Å². The average Bonchev–Trinajstić information content (AvgIpc) is 2.84. The first-order chi connectivity index (χ1) is 12.1. The molecule has 3 rings (SSSR count). The Morgan fingerprint density at radius 1 is 1.00 bits per heavy atom. The van der Waals surface area contributed by atoms with Crippen LogP contribution in [0.1, 0.15) is 46.7 Å². The summed E-state index contributed by atoms with van der Waals surface area (Å²) in [6.07, 6.45) is 0.968. The van der Waals surface area contributed by atoms with Crippen molar-refractivity contribution in [3.05, 3.63) is 54.0 Å². The Morgan fingerprint density at radius 3 is 2.35 bits per heavy atom. The number of halogens is 1. The number of pyridine rings is 1. The van der Waals surface area contributed by atoms with Crippen molar-refractivity contribution < 1.29 is 4.39 Å². The summed E-state index contributed by atoms with van der Waals surface area (Å²) in [6.45, 7) is 13.1. The number of nitrogens with zero attached hydrogens (tertiary/aromatic N) is 2. The first-order valence-electron chi connectivity index (χ1n) is 9.09. The third kappa shape index (κ3) is 3.74. The monoisotopic (exact) mass is 353 g/mol. The van der Waals surface area contributed by atoms with Crippen molar-refractivity contribution in [2.45, 2.75) is 53.5 Å². The van der Waals surface area contributed by atoms with Gasteiger partial charge in [-0.25, -0.2) is 9.37 Å². The number of aromatic nitrogens is 2. The molecule has 138 valence electrons. The van der Waals surface area contributed by atoms with Gasteiger partial charge in [-0.2, -0.15) is 0 Å². The molecule has 0 fully saturated rings. The van der Waals surface area contributed by atoms with Gasteiger partial charge >= 0.3 is 0 Å². The largest absolute Gasteiger partial charge is 0.364 e. The molecule has 1 N–H and O–H groups in total. The molecule has 0 aliphatic rings. The van der Waals surface area contributed by atoms with Gasteiger partial charge in [0.05, 0.1) is 0 Å². The summed E-state index contributed by atoms with van der Waals surface area (Å²) in [5, 5.41) is 3.67. The van der Waals surface area contributed by atoms with Gasteiger partial charge in [0.1, 0.15) is 23.0 Å². The molecule has 0 spiro atoms. The zero-order valence-electron chi connectivity index (χ0n) is 16.5. The molecule has 0 radical (unpaired) electrons. The summed E-state index contributed by atoms with van der Waals surface area (Å²) in [4.78, 5) is 4.75. The van der Waals surface area contributed by atoms with E-state index in [4.69, 9.17) is 4.98 Å². The molecule has 0 bridgehead atoms. The molecule has 3 nitrogen and oxygen atoms in total. The van der Waals surface area contributed by atoms with E-state index in [1.165, 1.54) is 6.07 Å². The number of anilines is 1. The summed E-state index contributed by atoms with van der Waals surface area (Å²) in [5.74, 6) is 0.586. The van der Waals surface area contributed by atoms with E-state index in [0.29, 0.717) is 11.3 Å². The van der Waals surface area contributed by atoms with E-state index in [9.17, 15) is 4.39 Å². The van der Waals surface area contributed by atoms with Crippen molar-refractivity contribution in [1.29, 1.82) is 0 Å². The molecule has 1 aromatic carbocycles. The summed E-state index contributed by atoms with van der Waals surface area (Å²) in [5.41, 5.74) is 3.05. The van der Waals surface area contributed by atoms with Gasteiger partial charge in [0, 0.05) is 16.8 Å². The molecular weight excluding hydrogens is 325 g/mol. The molecule has 0 unspecified atom stereocenters. The summed E-state index contributed by atoms with van der Waals surface area (Å²) >= 11 is 0. The van der Waals surface area contributed by atoms with Crippen molar-refractivity contribution >= 4 is 11.5 Å². The standard InChI is InChI=1S/C22H28FN3/c1-15-10-9-13-18-24-19(16-11-7-8-12-17(16)23)20(26(15)18)25-22(5,6)14-21(2,3)4/h7-13,25H,14H2,1-6H3. The van der Waals surface area contributed by atoms with Crippen molar-refractivity contribution in [3.8, 4) is 11.3 Å². The van der Waals surface area contributed by atoms with Gasteiger partial charge in [-0.05, 0) is 56.9 Å². The van der Waals surface area contributed by atoms with E-state index >= 15 is 0 Å². The summed E-state index contributed by atoms with van der Waals surface area (Å²) in [6, 6.07) is 12.8. The lowest BCUT2D eigenvalue weighted by molar-refractivity contribution is 0.302. The molecule has 0 amide bonds. The highest BCUT2D eigenvalue weighted by atomic mass is 19.1. The fraction of sp³-hybridized carbons (Fsp3) is 0.409. The zero-order chi connectivity index (χ0) is 19.1. The summed E-state index contributed by atoms with van der Waals surface area (Å²) in [7, 11) is 0. The van der Waals surface area contributed by atoms with Crippen molar-refractivity contribution in [2.24, 2.45) is 5.41 Å². The number of hydrogen-bond acceptors (Lipinski definition) is 2. The molecule has 0 aliphatic carbocycles. The normalized spacial score (nSPS) is 12.6. The molecule has 26 heavy (non-hydrogen) atoms. The van der Waals surface area contributed by atoms with Gasteiger partial charge in [0.25, 0.3) is 0 Å². The van der Waals surface area contributed by atoms with Crippen molar-refractivity contribution in [1.82, 2.24) is 9.38 Å². The second-order valence-electron chi connectivity index (χ2n) is 8.90. The molecule has 0 saturated heterocycles. The smallest absolute Gasteiger partial charge is 0.139 e. The number of nitrogens with one attached hydrogen (secondary N) is 1. The molecule has 0 saturated carbocycles. The quantitative estimate of drug-likeness (QED) is 0.616. The van der Waals surface area contributed by atoms with Gasteiger partial charge < -0.3 is 5.32 Å². The third-order valence-corrected chi connectivity index (χ3v) is 4.40. The Balaban J connectivity index is 2.19. The van der Waals surface area contributed by atoms with Gasteiger partial charge in [-0.3, -0.25) is 4.40 Å². The Hall–Kier alpha value is -2.36. The first-order valence-corrected chi connectivity index (χ1v) is 9.09. The second-order valence-corrected chi connectivity index (χ2v) is 8.90. The lowest BCUT2D eigenvalue weighted by atomic mass is 9.82. The highest BCUT2D eigenvalue weighted by Crippen LogP contribution is 2.36. The zero-order valence-corrected chi connectivity index (χ0v) is 16.5. The van der Waals surface area contributed by atoms with Crippen LogP contribution in [0.2, 0.25) is 0 Å². The predicted octanol–water partition coefficient (Wildman–Crippen LogP) is 6.08. The maximum absolute atomic E-state index is 14.5. The Morgan fingerprint density at radius 2 is 1.69 bits per heavy atom.